The smallest absolute Gasteiger partial charge is 0.416 e. The lowest BCUT2D eigenvalue weighted by molar-refractivity contribution is -0.137. The van der Waals surface area contributed by atoms with Crippen molar-refractivity contribution in [3.05, 3.63) is 59.2 Å². The van der Waals surface area contributed by atoms with Crippen LogP contribution in [0.5, 0.6) is 11.5 Å². The summed E-state index contributed by atoms with van der Waals surface area (Å²) in [6.45, 7) is 0. The van der Waals surface area contributed by atoms with Crippen LogP contribution in [-0.4, -0.2) is 18.3 Å². The molecule has 2 aromatic rings. The highest BCUT2D eigenvalue weighted by atomic mass is 19.4. The molecule has 3 nitrogen and oxygen atoms in total. The molecular formula is C17H15F3O3. The van der Waals surface area contributed by atoms with Gasteiger partial charge < -0.3 is 14.6 Å². The van der Waals surface area contributed by atoms with E-state index in [1.165, 1.54) is 19.2 Å². The maximum atomic E-state index is 12.9. The SMILES string of the molecule is COc1ccc2c(c1)O[C@H](c1cccc(C(F)(F)F)c1)[C@@H](O)C2. The van der Waals surface area contributed by atoms with Gasteiger partial charge in [-0.05, 0) is 29.3 Å². The highest BCUT2D eigenvalue weighted by molar-refractivity contribution is 5.43. The zero-order valence-electron chi connectivity index (χ0n) is 12.3. The number of aliphatic hydroxyl groups is 1. The molecular weight excluding hydrogens is 309 g/mol. The molecule has 23 heavy (non-hydrogen) atoms. The van der Waals surface area contributed by atoms with Crippen molar-refractivity contribution in [3.63, 3.8) is 0 Å². The molecule has 0 saturated carbocycles. The molecule has 0 spiro atoms. The minimum absolute atomic E-state index is 0.292. The summed E-state index contributed by atoms with van der Waals surface area (Å²) in [4.78, 5) is 0. The third-order valence-corrected chi connectivity index (χ3v) is 3.85. The molecule has 0 amide bonds. The summed E-state index contributed by atoms with van der Waals surface area (Å²) in [5, 5.41) is 10.3. The Morgan fingerprint density at radius 3 is 2.65 bits per heavy atom. The van der Waals surface area contributed by atoms with Crippen LogP contribution < -0.4 is 9.47 Å². The van der Waals surface area contributed by atoms with E-state index in [4.69, 9.17) is 9.47 Å². The number of fused-ring (bicyclic) bond motifs is 1. The van der Waals surface area contributed by atoms with E-state index in [9.17, 15) is 18.3 Å². The first-order valence-corrected chi connectivity index (χ1v) is 7.07. The van der Waals surface area contributed by atoms with Gasteiger partial charge in [-0.25, -0.2) is 0 Å². The van der Waals surface area contributed by atoms with Crippen molar-refractivity contribution in [1.29, 1.82) is 0 Å². The van der Waals surface area contributed by atoms with Gasteiger partial charge in [0.25, 0.3) is 0 Å². The molecule has 2 atom stereocenters. The van der Waals surface area contributed by atoms with Gasteiger partial charge in [0.2, 0.25) is 0 Å². The minimum atomic E-state index is -4.43. The van der Waals surface area contributed by atoms with E-state index >= 15 is 0 Å². The molecule has 2 aromatic carbocycles. The molecule has 1 aliphatic heterocycles. The fraction of sp³-hybridized carbons (Fsp3) is 0.294. The number of methoxy groups -OCH3 is 1. The quantitative estimate of drug-likeness (QED) is 0.914. The number of hydrogen-bond acceptors (Lipinski definition) is 3. The number of halogens is 3. The van der Waals surface area contributed by atoms with E-state index in [-0.39, 0.29) is 0 Å². The van der Waals surface area contributed by atoms with Crippen molar-refractivity contribution in [3.8, 4) is 11.5 Å². The molecule has 0 radical (unpaired) electrons. The lowest BCUT2D eigenvalue weighted by Gasteiger charge is -2.31. The number of rotatable bonds is 2. The van der Waals surface area contributed by atoms with Crippen molar-refractivity contribution in [1.82, 2.24) is 0 Å². The topological polar surface area (TPSA) is 38.7 Å². The number of aliphatic hydroxyl groups excluding tert-OH is 1. The Morgan fingerprint density at radius 2 is 1.96 bits per heavy atom. The Bertz CT molecular complexity index is 712. The lowest BCUT2D eigenvalue weighted by atomic mass is 9.94. The summed E-state index contributed by atoms with van der Waals surface area (Å²) in [6.07, 6.45) is -5.90. The summed E-state index contributed by atoms with van der Waals surface area (Å²) in [7, 11) is 1.52. The number of hydrogen-bond donors (Lipinski definition) is 1. The summed E-state index contributed by atoms with van der Waals surface area (Å²) in [5.41, 5.74) is 0.324. The van der Waals surface area contributed by atoms with Crippen LogP contribution in [0, 0.1) is 0 Å². The molecule has 6 heteroatoms. The molecule has 0 bridgehead atoms. The van der Waals surface area contributed by atoms with Crippen LogP contribution in [0.25, 0.3) is 0 Å². The van der Waals surface area contributed by atoms with E-state index in [0.717, 1.165) is 17.7 Å². The summed E-state index contributed by atoms with van der Waals surface area (Å²) in [5.74, 6) is 1.10. The first-order chi connectivity index (χ1) is 10.9. The van der Waals surface area contributed by atoms with Crippen LogP contribution >= 0.6 is 0 Å². The number of ether oxygens (including phenoxy) is 2. The van der Waals surface area contributed by atoms with E-state index in [0.29, 0.717) is 23.5 Å². The predicted molar refractivity (Wildman–Crippen MR) is 77.5 cm³/mol. The van der Waals surface area contributed by atoms with Crippen LogP contribution in [0.1, 0.15) is 22.8 Å². The van der Waals surface area contributed by atoms with Crippen molar-refractivity contribution < 1.29 is 27.8 Å². The third-order valence-electron chi connectivity index (χ3n) is 3.85. The Kier molecular flexibility index (Phi) is 3.93. The van der Waals surface area contributed by atoms with Crippen LogP contribution in [-0.2, 0) is 12.6 Å². The molecule has 122 valence electrons. The predicted octanol–water partition coefficient (Wildman–Crippen LogP) is 3.75. The zero-order chi connectivity index (χ0) is 16.6. The normalized spacial score (nSPS) is 20.6. The van der Waals surface area contributed by atoms with Gasteiger partial charge in [-0.2, -0.15) is 13.2 Å². The van der Waals surface area contributed by atoms with Gasteiger partial charge in [-0.1, -0.05) is 18.2 Å². The van der Waals surface area contributed by atoms with Crippen molar-refractivity contribution in [2.24, 2.45) is 0 Å². The average Bonchev–Trinajstić information content (AvgIpc) is 2.53. The van der Waals surface area contributed by atoms with Crippen LogP contribution in [0.3, 0.4) is 0 Å². The fourth-order valence-corrected chi connectivity index (χ4v) is 2.67. The van der Waals surface area contributed by atoms with Gasteiger partial charge in [0.05, 0.1) is 18.8 Å². The Labute approximate surface area is 131 Å². The van der Waals surface area contributed by atoms with Gasteiger partial charge in [-0.3, -0.25) is 0 Å². The van der Waals surface area contributed by atoms with E-state index in [1.807, 2.05) is 0 Å². The Balaban J connectivity index is 1.94. The van der Waals surface area contributed by atoms with E-state index < -0.39 is 23.9 Å². The standard InChI is InChI=1S/C17H15F3O3/c1-22-13-6-5-10-8-14(21)16(23-15(10)9-13)11-3-2-4-12(7-11)17(18,19)20/h2-7,9,14,16,21H,8H2,1H3/t14-,16+/m0/s1. The van der Waals surface area contributed by atoms with Crippen LogP contribution in [0.2, 0.25) is 0 Å². The van der Waals surface area contributed by atoms with Gasteiger partial charge in [0, 0.05) is 12.5 Å². The van der Waals surface area contributed by atoms with E-state index in [2.05, 4.69) is 0 Å². The lowest BCUT2D eigenvalue weighted by Crippen LogP contribution is -2.30. The first-order valence-electron chi connectivity index (χ1n) is 7.07. The van der Waals surface area contributed by atoms with Gasteiger partial charge in [-0.15, -0.1) is 0 Å². The molecule has 0 saturated heterocycles. The molecule has 0 aromatic heterocycles. The van der Waals surface area contributed by atoms with Gasteiger partial charge >= 0.3 is 6.18 Å². The third kappa shape index (κ3) is 3.12. The summed E-state index contributed by atoms with van der Waals surface area (Å²) < 4.78 is 49.4. The summed E-state index contributed by atoms with van der Waals surface area (Å²) >= 11 is 0. The molecule has 0 fully saturated rings. The molecule has 1 N–H and O–H groups in total. The van der Waals surface area contributed by atoms with E-state index in [1.54, 1.807) is 18.2 Å². The Morgan fingerprint density at radius 1 is 1.17 bits per heavy atom. The molecule has 0 aliphatic carbocycles. The molecule has 1 heterocycles. The molecule has 3 rings (SSSR count). The van der Waals surface area contributed by atoms with Crippen molar-refractivity contribution >= 4 is 0 Å². The second kappa shape index (κ2) is 5.77. The van der Waals surface area contributed by atoms with Crippen LogP contribution in [0.15, 0.2) is 42.5 Å². The monoisotopic (exact) mass is 324 g/mol. The zero-order valence-corrected chi connectivity index (χ0v) is 12.3. The second-order valence-electron chi connectivity index (χ2n) is 5.41. The highest BCUT2D eigenvalue weighted by Crippen LogP contribution is 2.38. The number of alkyl halides is 3. The number of benzene rings is 2. The maximum absolute atomic E-state index is 12.9. The Hall–Kier alpha value is -2.21. The average molecular weight is 324 g/mol. The molecule has 0 unspecified atom stereocenters. The van der Waals surface area contributed by atoms with Gasteiger partial charge in [0.1, 0.15) is 17.6 Å². The minimum Gasteiger partial charge on any atom is -0.497 e. The largest absolute Gasteiger partial charge is 0.497 e. The van der Waals surface area contributed by atoms with Crippen molar-refractivity contribution in [2.45, 2.75) is 24.8 Å². The summed E-state index contributed by atoms with van der Waals surface area (Å²) in [6, 6.07) is 10.0. The fourth-order valence-electron chi connectivity index (χ4n) is 2.67. The highest BCUT2D eigenvalue weighted by Gasteiger charge is 2.34. The second-order valence-corrected chi connectivity index (χ2v) is 5.41. The van der Waals surface area contributed by atoms with Crippen molar-refractivity contribution in [2.75, 3.05) is 7.11 Å². The van der Waals surface area contributed by atoms with Gasteiger partial charge in [0.15, 0.2) is 0 Å². The molecule has 1 aliphatic rings. The first kappa shape index (κ1) is 15.7. The maximum Gasteiger partial charge on any atom is 0.416 e. The van der Waals surface area contributed by atoms with Crippen LogP contribution in [0.4, 0.5) is 13.2 Å².